The number of aromatic nitrogens is 5. The van der Waals surface area contributed by atoms with Gasteiger partial charge in [0.2, 0.25) is 5.88 Å². The van der Waals surface area contributed by atoms with Gasteiger partial charge in [0.05, 0.1) is 28.3 Å². The van der Waals surface area contributed by atoms with Gasteiger partial charge in [0.25, 0.3) is 0 Å². The lowest BCUT2D eigenvalue weighted by molar-refractivity contribution is 0.107. The second-order valence-electron chi connectivity index (χ2n) is 11.9. The van der Waals surface area contributed by atoms with Crippen LogP contribution < -0.4 is 25.8 Å². The van der Waals surface area contributed by atoms with Crippen molar-refractivity contribution < 1.29 is 18.3 Å². The maximum atomic E-state index is 16.8. The molecule has 0 unspecified atom stereocenters. The van der Waals surface area contributed by atoms with E-state index in [4.69, 9.17) is 25.9 Å². The highest BCUT2D eigenvalue weighted by Crippen LogP contribution is 2.44. The molecule has 45 heavy (non-hydrogen) atoms. The molecule has 7 heterocycles. The molecule has 0 radical (unpaired) electrons. The molecular formula is C31H31F2N9O2S. The Kier molecular flexibility index (Phi) is 6.60. The molecule has 3 aliphatic heterocycles. The van der Waals surface area contributed by atoms with Crippen molar-refractivity contribution in [2.45, 2.75) is 43.9 Å². The van der Waals surface area contributed by atoms with Crippen molar-refractivity contribution in [3.63, 3.8) is 0 Å². The number of halogens is 2. The molecule has 232 valence electrons. The molecule has 4 aromatic heterocycles. The summed E-state index contributed by atoms with van der Waals surface area (Å²) in [5, 5.41) is 0.695. The number of thiazole rings is 1. The van der Waals surface area contributed by atoms with E-state index >= 15 is 4.39 Å². The molecule has 3 aliphatic rings. The maximum absolute atomic E-state index is 16.8. The molecule has 2 saturated heterocycles. The second kappa shape index (κ2) is 10.6. The first-order valence-corrected chi connectivity index (χ1v) is 15.8. The fourth-order valence-electron chi connectivity index (χ4n) is 7.14. The first-order valence-electron chi connectivity index (χ1n) is 15.0. The minimum atomic E-state index is -0.911. The smallest absolute Gasteiger partial charge is 0.319 e. The van der Waals surface area contributed by atoms with E-state index in [0.717, 1.165) is 29.6 Å². The average Bonchev–Trinajstić information content (AvgIpc) is 3.65. The van der Waals surface area contributed by atoms with Crippen LogP contribution in [0.1, 0.15) is 37.8 Å². The molecule has 4 N–H and O–H groups in total. The Bertz CT molecular complexity index is 1960. The Hall–Kier alpha value is -4.43. The monoisotopic (exact) mass is 631 g/mol. The first kappa shape index (κ1) is 28.1. The van der Waals surface area contributed by atoms with Gasteiger partial charge < -0.3 is 25.8 Å². The minimum Gasteiger partial charge on any atom is -0.475 e. The Balaban J connectivity index is 1.30. The number of para-hydroxylation sites is 1. The molecule has 8 rings (SSSR count). The van der Waals surface area contributed by atoms with Crippen LogP contribution in [-0.2, 0) is 0 Å². The Morgan fingerprint density at radius 2 is 2.02 bits per heavy atom. The number of pyridine rings is 2. The largest absolute Gasteiger partial charge is 0.475 e. The van der Waals surface area contributed by atoms with Gasteiger partial charge in [0.1, 0.15) is 47.6 Å². The highest BCUT2D eigenvalue weighted by molar-refractivity contribution is 7.22. The number of benzene rings is 1. The van der Waals surface area contributed by atoms with Crippen molar-refractivity contribution in [2.75, 3.05) is 49.2 Å². The quantitative estimate of drug-likeness (QED) is 0.264. The van der Waals surface area contributed by atoms with Crippen molar-refractivity contribution in [3.8, 4) is 23.1 Å². The third-order valence-corrected chi connectivity index (χ3v) is 10.1. The summed E-state index contributed by atoms with van der Waals surface area (Å²) in [7, 11) is 0. The van der Waals surface area contributed by atoms with Crippen LogP contribution in [0.2, 0.25) is 0 Å². The number of alkyl halides is 1. The van der Waals surface area contributed by atoms with Crippen LogP contribution in [0.3, 0.4) is 0 Å². The van der Waals surface area contributed by atoms with Crippen molar-refractivity contribution in [2.24, 2.45) is 0 Å². The standard InChI is InChI=1S/C31H31F2N9O2S/c1-16(18-6-3-9-36-26(18)34)42-11-12-43-28-21-25(22(33)24(37-28)19-5-2-7-20-23(19)38-29(35)45-20)39-30(40-27(21)42)44-15-31-8-4-10-41(31)14-17(32)13-31/h2-3,5-7,9,16-17H,4,8,10-15H2,1H3,(H2,34,36)(H2,35,38)/t16-,17-,31+/m1/s1. The fourth-order valence-corrected chi connectivity index (χ4v) is 7.90. The van der Waals surface area contributed by atoms with Gasteiger partial charge >= 0.3 is 6.01 Å². The zero-order valence-corrected chi connectivity index (χ0v) is 25.4. The van der Waals surface area contributed by atoms with Crippen LogP contribution in [0.15, 0.2) is 36.5 Å². The average molecular weight is 632 g/mol. The van der Waals surface area contributed by atoms with Gasteiger partial charge in [-0.1, -0.05) is 29.5 Å². The third-order valence-electron chi connectivity index (χ3n) is 9.27. The summed E-state index contributed by atoms with van der Waals surface area (Å²) in [6.07, 6.45) is 2.89. The zero-order valence-electron chi connectivity index (χ0n) is 24.5. The highest BCUT2D eigenvalue weighted by Gasteiger charge is 2.49. The SMILES string of the molecule is C[C@H](c1cccnc1N)N1CCOc2nc(-c3cccc4sc(N)nc34)c(F)c3nc(OC[C@@]45CCCN4C[C@H](F)C5)nc1c23. The van der Waals surface area contributed by atoms with Gasteiger partial charge in [0.15, 0.2) is 10.9 Å². The van der Waals surface area contributed by atoms with E-state index in [1.54, 1.807) is 12.3 Å². The molecule has 14 heteroatoms. The molecular weight excluding hydrogens is 600 g/mol. The van der Waals surface area contributed by atoms with Gasteiger partial charge in [0, 0.05) is 30.3 Å². The Labute approximate surface area is 261 Å². The fraction of sp³-hybridized carbons (Fsp3) is 0.387. The maximum Gasteiger partial charge on any atom is 0.319 e. The van der Waals surface area contributed by atoms with Crippen molar-refractivity contribution >= 4 is 49.2 Å². The summed E-state index contributed by atoms with van der Waals surface area (Å²) in [6.45, 7) is 4.03. The molecule has 0 bridgehead atoms. The molecule has 2 fully saturated rings. The highest BCUT2D eigenvalue weighted by atomic mass is 32.1. The predicted octanol–water partition coefficient (Wildman–Crippen LogP) is 4.92. The van der Waals surface area contributed by atoms with Gasteiger partial charge in [-0.15, -0.1) is 0 Å². The van der Waals surface area contributed by atoms with E-state index in [0.29, 0.717) is 52.7 Å². The molecule has 3 atom stereocenters. The number of hydrogen-bond acceptors (Lipinski definition) is 12. The van der Waals surface area contributed by atoms with Crippen molar-refractivity contribution in [1.82, 2.24) is 29.8 Å². The number of nitrogens with two attached hydrogens (primary N) is 2. The number of nitrogens with zero attached hydrogens (tertiary/aromatic N) is 7. The Morgan fingerprint density at radius 3 is 2.89 bits per heavy atom. The molecule has 1 aromatic carbocycles. The van der Waals surface area contributed by atoms with E-state index < -0.39 is 17.5 Å². The molecule has 0 saturated carbocycles. The number of ether oxygens (including phenoxy) is 2. The molecule has 0 spiro atoms. The van der Waals surface area contributed by atoms with Crippen LogP contribution in [0.5, 0.6) is 11.9 Å². The lowest BCUT2D eigenvalue weighted by atomic mass is 9.95. The van der Waals surface area contributed by atoms with Crippen LogP contribution >= 0.6 is 11.3 Å². The first-order chi connectivity index (χ1) is 21.8. The lowest BCUT2D eigenvalue weighted by Crippen LogP contribution is -2.43. The molecule has 0 aliphatic carbocycles. The summed E-state index contributed by atoms with van der Waals surface area (Å²) in [6, 6.07) is 8.86. The number of anilines is 3. The van der Waals surface area contributed by atoms with Gasteiger partial charge in [-0.05, 0) is 38.4 Å². The molecule has 5 aromatic rings. The zero-order chi connectivity index (χ0) is 30.9. The van der Waals surface area contributed by atoms with Gasteiger partial charge in [-0.3, -0.25) is 4.90 Å². The van der Waals surface area contributed by atoms with Crippen LogP contribution in [-0.4, -0.2) is 74.4 Å². The normalized spacial score (nSPS) is 22.0. The van der Waals surface area contributed by atoms with Crippen LogP contribution in [0, 0.1) is 5.82 Å². The van der Waals surface area contributed by atoms with E-state index in [2.05, 4.69) is 24.8 Å². The van der Waals surface area contributed by atoms with E-state index in [1.165, 1.54) is 11.3 Å². The summed E-state index contributed by atoms with van der Waals surface area (Å²) in [4.78, 5) is 27.0. The second-order valence-corrected chi connectivity index (χ2v) is 13.0. The summed E-state index contributed by atoms with van der Waals surface area (Å²) >= 11 is 1.31. The predicted molar refractivity (Wildman–Crippen MR) is 169 cm³/mol. The number of rotatable bonds is 6. The molecule has 0 amide bonds. The van der Waals surface area contributed by atoms with Gasteiger partial charge in [-0.2, -0.15) is 9.97 Å². The van der Waals surface area contributed by atoms with E-state index in [9.17, 15) is 4.39 Å². The van der Waals surface area contributed by atoms with Gasteiger partial charge in [-0.25, -0.2) is 23.7 Å². The van der Waals surface area contributed by atoms with E-state index in [1.807, 2.05) is 36.1 Å². The number of hydrogen-bond donors (Lipinski definition) is 2. The van der Waals surface area contributed by atoms with Crippen LogP contribution in [0.25, 0.3) is 32.4 Å². The minimum absolute atomic E-state index is 0.00240. The number of nitrogen functional groups attached to an aromatic ring is 2. The van der Waals surface area contributed by atoms with E-state index in [-0.39, 0.29) is 42.4 Å². The topological polar surface area (TPSA) is 141 Å². The molecule has 11 nitrogen and oxygen atoms in total. The van der Waals surface area contributed by atoms with Crippen molar-refractivity contribution in [3.05, 3.63) is 47.9 Å². The van der Waals surface area contributed by atoms with Crippen molar-refractivity contribution in [1.29, 1.82) is 0 Å². The summed E-state index contributed by atoms with van der Waals surface area (Å²) in [5.41, 5.74) is 13.7. The lowest BCUT2D eigenvalue weighted by Gasteiger charge is -2.32. The summed E-state index contributed by atoms with van der Waals surface area (Å²) in [5.74, 6) is 0.331. The summed E-state index contributed by atoms with van der Waals surface area (Å²) < 4.78 is 44.6. The van der Waals surface area contributed by atoms with Crippen LogP contribution in [0.4, 0.5) is 25.5 Å². The Morgan fingerprint density at radius 1 is 1.13 bits per heavy atom. The number of fused-ring (bicyclic) bond motifs is 2. The third kappa shape index (κ3) is 4.57.